The second-order valence-electron chi connectivity index (χ2n) is 8.72. The molecule has 0 fully saturated rings. The quantitative estimate of drug-likeness (QED) is 0.614. The van der Waals surface area contributed by atoms with Crippen molar-refractivity contribution in [2.45, 2.75) is 61.4 Å². The number of allylic oxidation sites excluding steroid dienone is 4. The fourth-order valence-electron chi connectivity index (χ4n) is 4.83. The minimum absolute atomic E-state index is 0.594. The summed E-state index contributed by atoms with van der Waals surface area (Å²) in [6.45, 7) is 18.3. The molecule has 1 aliphatic rings. The van der Waals surface area contributed by atoms with Crippen molar-refractivity contribution < 1.29 is 0 Å². The lowest BCUT2D eigenvalue weighted by atomic mass is 10.00. The molecule has 0 radical (unpaired) electrons. The van der Waals surface area contributed by atoms with Gasteiger partial charge in [-0.15, -0.1) is 0 Å². The van der Waals surface area contributed by atoms with Gasteiger partial charge in [-0.25, -0.2) is 0 Å². The van der Waals surface area contributed by atoms with E-state index in [-0.39, 0.29) is 0 Å². The van der Waals surface area contributed by atoms with Gasteiger partial charge in [0.05, 0.1) is 0 Å². The Labute approximate surface area is 167 Å². The van der Waals surface area contributed by atoms with Crippen molar-refractivity contribution >= 4 is 19.2 Å². The zero-order valence-electron chi connectivity index (χ0n) is 18.3. The normalized spacial score (nSPS) is 18.4. The van der Waals surface area contributed by atoms with Crippen LogP contribution >= 0.6 is 0 Å². The van der Waals surface area contributed by atoms with Crippen molar-refractivity contribution in [3.63, 3.8) is 0 Å². The van der Waals surface area contributed by atoms with E-state index in [1.165, 1.54) is 33.9 Å². The number of rotatable bonds is 4. The molecule has 0 aromatic heterocycles. The molecule has 0 saturated heterocycles. The van der Waals surface area contributed by atoms with Crippen LogP contribution in [0.25, 0.3) is 0 Å². The molecule has 0 saturated carbocycles. The molecular formula is C26H34Si. The Morgan fingerprint density at radius 2 is 1.37 bits per heavy atom. The molecule has 2 atom stereocenters. The van der Waals surface area contributed by atoms with Gasteiger partial charge >= 0.3 is 0 Å². The summed E-state index contributed by atoms with van der Waals surface area (Å²) in [5.41, 5.74) is 11.9. The highest BCUT2D eigenvalue weighted by Gasteiger charge is 2.28. The summed E-state index contributed by atoms with van der Waals surface area (Å²) < 4.78 is 0. The molecule has 0 amide bonds. The van der Waals surface area contributed by atoms with Crippen LogP contribution in [0.5, 0.6) is 0 Å². The van der Waals surface area contributed by atoms with E-state index in [1.807, 2.05) is 0 Å². The molecule has 0 bridgehead atoms. The first-order valence-electron chi connectivity index (χ1n) is 10.2. The zero-order valence-corrected chi connectivity index (χ0v) is 19.5. The lowest BCUT2D eigenvalue weighted by Crippen LogP contribution is -2.44. The Balaban J connectivity index is 2.11. The Kier molecular flexibility index (Phi) is 5.62. The zero-order chi connectivity index (χ0) is 19.9. The number of hydrogen-bond donors (Lipinski definition) is 0. The van der Waals surface area contributed by atoms with E-state index in [0.717, 1.165) is 0 Å². The minimum atomic E-state index is -1.34. The number of benzene rings is 2. The topological polar surface area (TPSA) is 0 Å². The molecule has 3 rings (SSSR count). The van der Waals surface area contributed by atoms with Gasteiger partial charge in [-0.05, 0) is 71.6 Å². The summed E-state index contributed by atoms with van der Waals surface area (Å²) >= 11 is 0. The van der Waals surface area contributed by atoms with Crippen LogP contribution in [0.1, 0.15) is 49.9 Å². The van der Waals surface area contributed by atoms with Gasteiger partial charge in [-0.2, -0.15) is 0 Å². The lowest BCUT2D eigenvalue weighted by molar-refractivity contribution is 0.812. The SMILES string of the molecule is CC1=C(C)C(C)C(C[SiH](c2cc(C)cc(C)c2)c2ccc(C)cc2C)=C1C. The van der Waals surface area contributed by atoms with Crippen LogP contribution < -0.4 is 10.4 Å². The van der Waals surface area contributed by atoms with Crippen molar-refractivity contribution in [3.05, 3.63) is 80.9 Å². The van der Waals surface area contributed by atoms with E-state index < -0.39 is 8.80 Å². The summed E-state index contributed by atoms with van der Waals surface area (Å²) in [7, 11) is -1.34. The van der Waals surface area contributed by atoms with Gasteiger partial charge in [-0.1, -0.05) is 87.1 Å². The maximum Gasteiger partial charge on any atom is 0.107 e. The third-order valence-electron chi connectivity index (χ3n) is 6.68. The van der Waals surface area contributed by atoms with Crippen LogP contribution in [0.15, 0.2) is 58.7 Å². The molecule has 27 heavy (non-hydrogen) atoms. The van der Waals surface area contributed by atoms with Gasteiger partial charge in [0.1, 0.15) is 8.80 Å². The predicted molar refractivity (Wildman–Crippen MR) is 123 cm³/mol. The average molecular weight is 375 g/mol. The molecule has 2 aromatic rings. The molecule has 0 N–H and O–H groups in total. The van der Waals surface area contributed by atoms with Crippen LogP contribution in [-0.2, 0) is 0 Å². The van der Waals surface area contributed by atoms with Gasteiger partial charge in [0.2, 0.25) is 0 Å². The van der Waals surface area contributed by atoms with Crippen molar-refractivity contribution in [2.75, 3.05) is 0 Å². The molecule has 2 aromatic carbocycles. The molecule has 2 unspecified atom stereocenters. The van der Waals surface area contributed by atoms with Crippen LogP contribution in [-0.4, -0.2) is 8.80 Å². The van der Waals surface area contributed by atoms with Crippen molar-refractivity contribution in [2.24, 2.45) is 5.92 Å². The highest BCUT2D eigenvalue weighted by molar-refractivity contribution is 6.86. The van der Waals surface area contributed by atoms with Crippen molar-refractivity contribution in [1.29, 1.82) is 0 Å². The van der Waals surface area contributed by atoms with Crippen LogP contribution in [0.2, 0.25) is 6.04 Å². The summed E-state index contributed by atoms with van der Waals surface area (Å²) in [6.07, 6.45) is 0. The van der Waals surface area contributed by atoms with E-state index in [9.17, 15) is 0 Å². The molecule has 0 aliphatic heterocycles. The third kappa shape index (κ3) is 3.89. The second-order valence-corrected chi connectivity index (χ2v) is 11.5. The number of aryl methyl sites for hydroxylation is 4. The third-order valence-corrected chi connectivity index (χ3v) is 10.1. The van der Waals surface area contributed by atoms with Crippen LogP contribution in [0.4, 0.5) is 0 Å². The van der Waals surface area contributed by atoms with Crippen LogP contribution in [0.3, 0.4) is 0 Å². The fourth-order valence-corrected chi connectivity index (χ4v) is 8.64. The first kappa shape index (κ1) is 19.9. The Hall–Kier alpha value is -1.86. The summed E-state index contributed by atoms with van der Waals surface area (Å²) in [4.78, 5) is 0. The summed E-state index contributed by atoms with van der Waals surface area (Å²) in [5.74, 6) is 0.594. The lowest BCUT2D eigenvalue weighted by Gasteiger charge is -2.23. The Bertz CT molecular complexity index is 922. The highest BCUT2D eigenvalue weighted by atomic mass is 28.3. The van der Waals surface area contributed by atoms with E-state index in [4.69, 9.17) is 0 Å². The van der Waals surface area contributed by atoms with E-state index in [1.54, 1.807) is 27.1 Å². The molecular weight excluding hydrogens is 340 g/mol. The summed E-state index contributed by atoms with van der Waals surface area (Å²) in [6, 6.07) is 15.5. The first-order chi connectivity index (χ1) is 12.7. The molecule has 1 aliphatic carbocycles. The average Bonchev–Trinajstić information content (AvgIpc) is 2.77. The standard InChI is InChI=1S/C26H34Si/c1-16-9-10-26(19(4)12-16)27(24-13-17(2)11-18(3)14-24)15-25-22(7)20(5)21(6)23(25)8/h9-14,22,27H,15H2,1-8H3. The van der Waals surface area contributed by atoms with E-state index >= 15 is 0 Å². The maximum absolute atomic E-state index is 2.45. The molecule has 0 nitrogen and oxygen atoms in total. The molecule has 1 heteroatoms. The van der Waals surface area contributed by atoms with Gasteiger partial charge < -0.3 is 0 Å². The fraction of sp³-hybridized carbons (Fsp3) is 0.385. The molecule has 0 spiro atoms. The highest BCUT2D eigenvalue weighted by Crippen LogP contribution is 2.39. The van der Waals surface area contributed by atoms with Gasteiger partial charge in [-0.3, -0.25) is 0 Å². The monoisotopic (exact) mass is 374 g/mol. The molecule has 142 valence electrons. The van der Waals surface area contributed by atoms with E-state index in [2.05, 4.69) is 91.8 Å². The Morgan fingerprint density at radius 3 is 1.89 bits per heavy atom. The van der Waals surface area contributed by atoms with Crippen molar-refractivity contribution in [1.82, 2.24) is 0 Å². The smallest absolute Gasteiger partial charge is 0.0632 e. The minimum Gasteiger partial charge on any atom is -0.0632 e. The van der Waals surface area contributed by atoms with Gasteiger partial charge in [0, 0.05) is 0 Å². The Morgan fingerprint density at radius 1 is 0.741 bits per heavy atom. The van der Waals surface area contributed by atoms with E-state index in [0.29, 0.717) is 5.92 Å². The van der Waals surface area contributed by atoms with Crippen molar-refractivity contribution in [3.8, 4) is 0 Å². The first-order valence-corrected chi connectivity index (χ1v) is 12.2. The molecule has 0 heterocycles. The number of hydrogen-bond acceptors (Lipinski definition) is 0. The summed E-state index contributed by atoms with van der Waals surface area (Å²) in [5, 5.41) is 3.20. The van der Waals surface area contributed by atoms with Gasteiger partial charge in [0.15, 0.2) is 0 Å². The largest absolute Gasteiger partial charge is 0.107 e. The predicted octanol–water partition coefficient (Wildman–Crippen LogP) is 5.56. The maximum atomic E-state index is 2.45. The second kappa shape index (κ2) is 7.64. The van der Waals surface area contributed by atoms with Crippen LogP contribution in [0, 0.1) is 33.6 Å². The van der Waals surface area contributed by atoms with Gasteiger partial charge in [0.25, 0.3) is 0 Å².